The number of nitrogens with one attached hydrogen (secondary N) is 1. The fraction of sp³-hybridized carbons (Fsp3) is 0.591. The van der Waals surface area contributed by atoms with E-state index in [0.717, 1.165) is 35.0 Å². The zero-order valence-electron chi connectivity index (χ0n) is 16.5. The largest absolute Gasteiger partial charge is 0.497 e. The Balaban J connectivity index is 1.92. The van der Waals surface area contributed by atoms with Crippen molar-refractivity contribution in [1.29, 1.82) is 0 Å². The number of hydrogen-bond acceptors (Lipinski definition) is 4. The minimum atomic E-state index is 0.0183. The lowest BCUT2D eigenvalue weighted by molar-refractivity contribution is 0.0423. The predicted molar refractivity (Wildman–Crippen MR) is 107 cm³/mol. The van der Waals surface area contributed by atoms with Gasteiger partial charge in [-0.05, 0) is 61.1 Å². The third-order valence-electron chi connectivity index (χ3n) is 6.10. The van der Waals surface area contributed by atoms with Gasteiger partial charge in [0.25, 0.3) is 0 Å². The molecule has 1 aliphatic rings. The molecule has 4 heteroatoms. The number of aromatic nitrogens is 1. The number of methoxy groups -OCH3 is 2. The third-order valence-corrected chi connectivity index (χ3v) is 6.10. The quantitative estimate of drug-likeness (QED) is 0.778. The Morgan fingerprint density at radius 3 is 2.69 bits per heavy atom. The second-order valence-electron chi connectivity index (χ2n) is 7.36. The molecular formula is C22H32N2O2. The number of pyridine rings is 1. The van der Waals surface area contributed by atoms with E-state index in [0.29, 0.717) is 6.04 Å². The lowest BCUT2D eigenvalue weighted by Crippen LogP contribution is -2.44. The Hall–Kier alpha value is -1.65. The van der Waals surface area contributed by atoms with Gasteiger partial charge in [0.2, 0.25) is 0 Å². The summed E-state index contributed by atoms with van der Waals surface area (Å²) in [7, 11) is 3.52. The number of hydrogen-bond donors (Lipinski definition) is 1. The molecule has 4 nitrogen and oxygen atoms in total. The van der Waals surface area contributed by atoms with Crippen LogP contribution in [0.15, 0.2) is 30.5 Å². The summed E-state index contributed by atoms with van der Waals surface area (Å²) in [5, 5.41) is 4.83. The Morgan fingerprint density at radius 1 is 1.19 bits per heavy atom. The highest BCUT2D eigenvalue weighted by Gasteiger charge is 2.32. The highest BCUT2D eigenvalue weighted by molar-refractivity contribution is 5.84. The number of ether oxygens (including phenoxy) is 2. The molecule has 0 aliphatic carbocycles. The molecule has 0 bridgehead atoms. The van der Waals surface area contributed by atoms with E-state index in [1.54, 1.807) is 7.11 Å². The maximum absolute atomic E-state index is 6.02. The van der Waals surface area contributed by atoms with Crippen molar-refractivity contribution in [3.63, 3.8) is 0 Å². The molecular weight excluding hydrogens is 324 g/mol. The summed E-state index contributed by atoms with van der Waals surface area (Å²) in [4.78, 5) is 4.52. The minimum absolute atomic E-state index is 0.0183. The van der Waals surface area contributed by atoms with Crippen LogP contribution in [-0.2, 0) is 4.74 Å². The van der Waals surface area contributed by atoms with Crippen LogP contribution in [0.4, 0.5) is 0 Å². The van der Waals surface area contributed by atoms with Gasteiger partial charge in [-0.2, -0.15) is 0 Å². The molecule has 3 atom stereocenters. The van der Waals surface area contributed by atoms with Gasteiger partial charge in [0, 0.05) is 24.7 Å². The predicted octanol–water partition coefficient (Wildman–Crippen LogP) is 4.74. The number of nitrogens with zero attached hydrogens (tertiary/aromatic N) is 1. The minimum Gasteiger partial charge on any atom is -0.497 e. The summed E-state index contributed by atoms with van der Waals surface area (Å²) >= 11 is 0. The van der Waals surface area contributed by atoms with Gasteiger partial charge in [-0.1, -0.05) is 26.7 Å². The molecule has 2 unspecified atom stereocenters. The van der Waals surface area contributed by atoms with Gasteiger partial charge in [0.15, 0.2) is 0 Å². The van der Waals surface area contributed by atoms with E-state index in [-0.39, 0.29) is 6.10 Å². The van der Waals surface area contributed by atoms with Crippen molar-refractivity contribution >= 4 is 10.9 Å². The number of benzene rings is 1. The second kappa shape index (κ2) is 8.83. The van der Waals surface area contributed by atoms with Crippen LogP contribution in [0.5, 0.6) is 5.75 Å². The first-order valence-electron chi connectivity index (χ1n) is 9.90. The van der Waals surface area contributed by atoms with Gasteiger partial charge < -0.3 is 14.8 Å². The van der Waals surface area contributed by atoms with E-state index < -0.39 is 0 Å². The van der Waals surface area contributed by atoms with Crippen LogP contribution < -0.4 is 10.1 Å². The molecule has 1 N–H and O–H groups in total. The molecule has 0 spiro atoms. The van der Waals surface area contributed by atoms with Gasteiger partial charge in [0.05, 0.1) is 18.7 Å². The van der Waals surface area contributed by atoms with Crippen LogP contribution in [0.1, 0.15) is 51.2 Å². The van der Waals surface area contributed by atoms with Crippen LogP contribution in [0.2, 0.25) is 0 Å². The van der Waals surface area contributed by atoms with E-state index in [2.05, 4.69) is 36.3 Å². The first-order chi connectivity index (χ1) is 12.7. The standard InChI is InChI=1S/C22H32N2O2/c1-5-15(6-2)16-9-11-24-21(13-16)22(26-4)18-10-12-23-20-8-7-17(25-3)14-19(18)20/h7-8,10,12,14-16,21-22,24H,5-6,9,11,13H2,1-4H3/t16?,21-,22?/m1/s1. The number of fused-ring (bicyclic) bond motifs is 1. The average molecular weight is 357 g/mol. The van der Waals surface area contributed by atoms with Crippen molar-refractivity contribution in [1.82, 2.24) is 10.3 Å². The molecule has 142 valence electrons. The normalized spacial score (nSPS) is 21.9. The summed E-state index contributed by atoms with van der Waals surface area (Å²) in [6, 6.07) is 8.48. The van der Waals surface area contributed by atoms with Gasteiger partial charge in [-0.25, -0.2) is 0 Å². The van der Waals surface area contributed by atoms with Gasteiger partial charge >= 0.3 is 0 Å². The lowest BCUT2D eigenvalue weighted by atomic mass is 9.77. The smallest absolute Gasteiger partial charge is 0.119 e. The summed E-state index contributed by atoms with van der Waals surface area (Å²) in [6.45, 7) is 5.71. The van der Waals surface area contributed by atoms with E-state index in [1.165, 1.54) is 31.2 Å². The summed E-state index contributed by atoms with van der Waals surface area (Å²) in [5.41, 5.74) is 2.18. The van der Waals surface area contributed by atoms with Crippen LogP contribution in [0.3, 0.4) is 0 Å². The summed E-state index contributed by atoms with van der Waals surface area (Å²) in [6.07, 6.45) is 6.87. The molecule has 1 aromatic heterocycles. The molecule has 2 heterocycles. The average Bonchev–Trinajstić information content (AvgIpc) is 2.70. The van der Waals surface area contributed by atoms with Crippen molar-refractivity contribution in [3.05, 3.63) is 36.0 Å². The van der Waals surface area contributed by atoms with Crippen LogP contribution >= 0.6 is 0 Å². The molecule has 26 heavy (non-hydrogen) atoms. The zero-order chi connectivity index (χ0) is 18.5. The van der Waals surface area contributed by atoms with Gasteiger partial charge in [0.1, 0.15) is 5.75 Å². The second-order valence-corrected chi connectivity index (χ2v) is 7.36. The molecule has 2 aromatic rings. The Labute approximate surface area is 157 Å². The van der Waals surface area contributed by atoms with Crippen LogP contribution in [0, 0.1) is 11.8 Å². The molecule has 0 radical (unpaired) electrons. The lowest BCUT2D eigenvalue weighted by Gasteiger charge is -2.38. The van der Waals surface area contributed by atoms with Crippen LogP contribution in [0.25, 0.3) is 10.9 Å². The highest BCUT2D eigenvalue weighted by atomic mass is 16.5. The molecule has 0 saturated carbocycles. The van der Waals surface area contributed by atoms with Crippen molar-refractivity contribution < 1.29 is 9.47 Å². The summed E-state index contributed by atoms with van der Waals surface area (Å²) in [5.74, 6) is 2.44. The number of rotatable bonds is 7. The maximum Gasteiger partial charge on any atom is 0.119 e. The molecule has 3 rings (SSSR count). The van der Waals surface area contributed by atoms with Gasteiger partial charge in [-0.3, -0.25) is 4.98 Å². The van der Waals surface area contributed by atoms with Crippen molar-refractivity contribution in [2.45, 2.75) is 51.7 Å². The fourth-order valence-corrected chi connectivity index (χ4v) is 4.63. The maximum atomic E-state index is 6.02. The SMILES string of the molecule is CCC(CC)C1CCN[C@@H](C(OC)c2ccnc3ccc(OC)cc23)C1. The zero-order valence-corrected chi connectivity index (χ0v) is 16.5. The molecule has 1 aromatic carbocycles. The first kappa shape index (κ1) is 19.1. The van der Waals surface area contributed by atoms with Crippen molar-refractivity contribution in [2.24, 2.45) is 11.8 Å². The van der Waals surface area contributed by atoms with Gasteiger partial charge in [-0.15, -0.1) is 0 Å². The van der Waals surface area contributed by atoms with E-state index in [1.807, 2.05) is 25.4 Å². The van der Waals surface area contributed by atoms with E-state index in [4.69, 9.17) is 9.47 Å². The monoisotopic (exact) mass is 356 g/mol. The van der Waals surface area contributed by atoms with Crippen molar-refractivity contribution in [3.8, 4) is 5.75 Å². The summed E-state index contributed by atoms with van der Waals surface area (Å²) < 4.78 is 11.5. The number of piperidine rings is 1. The Morgan fingerprint density at radius 2 is 2.00 bits per heavy atom. The molecule has 1 saturated heterocycles. The van der Waals surface area contributed by atoms with E-state index >= 15 is 0 Å². The Kier molecular flexibility index (Phi) is 6.49. The molecule has 1 aliphatic heterocycles. The van der Waals surface area contributed by atoms with Crippen molar-refractivity contribution in [2.75, 3.05) is 20.8 Å². The Bertz CT molecular complexity index is 714. The fourth-order valence-electron chi connectivity index (χ4n) is 4.63. The molecule has 0 amide bonds. The highest BCUT2D eigenvalue weighted by Crippen LogP contribution is 2.36. The topological polar surface area (TPSA) is 43.4 Å². The first-order valence-corrected chi connectivity index (χ1v) is 9.90. The van der Waals surface area contributed by atoms with E-state index in [9.17, 15) is 0 Å². The molecule has 1 fully saturated rings. The third kappa shape index (κ3) is 3.86. The van der Waals surface area contributed by atoms with Crippen LogP contribution in [-0.4, -0.2) is 31.8 Å².